The lowest BCUT2D eigenvalue weighted by molar-refractivity contribution is 0.0977. The summed E-state index contributed by atoms with van der Waals surface area (Å²) in [6.07, 6.45) is 1.68. The van der Waals surface area contributed by atoms with Crippen LogP contribution in [-0.4, -0.2) is 22.5 Å². The number of carbonyl (C=O) groups is 1. The molecule has 4 nitrogen and oxygen atoms in total. The Morgan fingerprint density at radius 2 is 2.40 bits per heavy atom. The highest BCUT2D eigenvalue weighted by atomic mass is 16.1. The molecular weight excluding hydrogens is 130 g/mol. The largest absolute Gasteiger partial charge is 0.305 e. The molecule has 52 valence electrons. The zero-order valence-electron chi connectivity index (χ0n) is 5.35. The summed E-state index contributed by atoms with van der Waals surface area (Å²) in [5, 5.41) is 9.40. The summed E-state index contributed by atoms with van der Waals surface area (Å²) in [7, 11) is 0. The van der Waals surface area contributed by atoms with Gasteiger partial charge in [0.05, 0.1) is 12.7 Å². The van der Waals surface area contributed by atoms with Crippen molar-refractivity contribution in [2.75, 3.05) is 6.54 Å². The quantitative estimate of drug-likeness (QED) is 0.516. The standard InChI is InChI=1S/C6H7N3O/c10-5-3-7-1-4-2-8-9-6(4)5/h2,7H,1,3H2,(H,8,9). The van der Waals surface area contributed by atoms with Gasteiger partial charge in [0.15, 0.2) is 5.78 Å². The Hall–Kier alpha value is -1.16. The molecule has 0 aromatic carbocycles. The maximum Gasteiger partial charge on any atom is 0.194 e. The van der Waals surface area contributed by atoms with Gasteiger partial charge in [-0.2, -0.15) is 5.10 Å². The van der Waals surface area contributed by atoms with Gasteiger partial charge in [-0.15, -0.1) is 0 Å². The predicted molar refractivity (Wildman–Crippen MR) is 34.6 cm³/mol. The Morgan fingerprint density at radius 1 is 1.50 bits per heavy atom. The van der Waals surface area contributed by atoms with E-state index in [1.807, 2.05) is 0 Å². The summed E-state index contributed by atoms with van der Waals surface area (Å²) >= 11 is 0. The highest BCUT2D eigenvalue weighted by Gasteiger charge is 2.17. The van der Waals surface area contributed by atoms with Crippen molar-refractivity contribution in [3.8, 4) is 0 Å². The maximum absolute atomic E-state index is 11.0. The van der Waals surface area contributed by atoms with Crippen LogP contribution in [0, 0.1) is 0 Å². The fourth-order valence-corrected chi connectivity index (χ4v) is 1.09. The lowest BCUT2D eigenvalue weighted by atomic mass is 10.1. The summed E-state index contributed by atoms with van der Waals surface area (Å²) in [4.78, 5) is 11.0. The van der Waals surface area contributed by atoms with Crippen LogP contribution >= 0.6 is 0 Å². The molecule has 0 aliphatic carbocycles. The first-order valence-electron chi connectivity index (χ1n) is 3.14. The molecule has 0 fully saturated rings. The first-order chi connectivity index (χ1) is 4.88. The normalized spacial score (nSPS) is 17.0. The van der Waals surface area contributed by atoms with Gasteiger partial charge >= 0.3 is 0 Å². The third kappa shape index (κ3) is 0.657. The lowest BCUT2D eigenvalue weighted by Gasteiger charge is -2.09. The Bertz CT molecular complexity index is 266. The van der Waals surface area contributed by atoms with E-state index >= 15 is 0 Å². The molecule has 2 heterocycles. The minimum atomic E-state index is 0.0961. The van der Waals surface area contributed by atoms with Gasteiger partial charge in [-0.05, 0) is 0 Å². The molecule has 1 aliphatic rings. The number of nitrogens with one attached hydrogen (secondary N) is 2. The van der Waals surface area contributed by atoms with Gasteiger partial charge in [0.25, 0.3) is 0 Å². The Morgan fingerprint density at radius 3 is 3.20 bits per heavy atom. The molecule has 10 heavy (non-hydrogen) atoms. The summed E-state index contributed by atoms with van der Waals surface area (Å²) in [5.74, 6) is 0.0961. The molecule has 0 atom stereocenters. The van der Waals surface area contributed by atoms with E-state index in [4.69, 9.17) is 0 Å². The highest BCUT2D eigenvalue weighted by Crippen LogP contribution is 2.08. The second kappa shape index (κ2) is 1.91. The molecule has 2 N–H and O–H groups in total. The molecule has 0 amide bonds. The molecular formula is C6H7N3O. The monoisotopic (exact) mass is 137 g/mol. The number of H-pyrrole nitrogens is 1. The van der Waals surface area contributed by atoms with Gasteiger partial charge in [0, 0.05) is 12.1 Å². The molecule has 1 aromatic rings. The highest BCUT2D eigenvalue weighted by molar-refractivity contribution is 5.97. The minimum absolute atomic E-state index is 0.0961. The number of hydrogen-bond acceptors (Lipinski definition) is 3. The van der Waals surface area contributed by atoms with Crippen molar-refractivity contribution in [2.45, 2.75) is 6.54 Å². The first-order valence-corrected chi connectivity index (χ1v) is 3.14. The second-order valence-electron chi connectivity index (χ2n) is 2.30. The van der Waals surface area contributed by atoms with Crippen molar-refractivity contribution in [1.29, 1.82) is 0 Å². The number of nitrogens with zero attached hydrogens (tertiary/aromatic N) is 1. The van der Waals surface area contributed by atoms with Gasteiger partial charge < -0.3 is 5.32 Å². The van der Waals surface area contributed by atoms with Gasteiger partial charge in [0.2, 0.25) is 0 Å². The molecule has 4 heteroatoms. The molecule has 0 unspecified atom stereocenters. The molecule has 0 saturated carbocycles. The summed E-state index contributed by atoms with van der Waals surface area (Å²) in [6, 6.07) is 0. The van der Waals surface area contributed by atoms with E-state index in [2.05, 4.69) is 15.5 Å². The number of rotatable bonds is 0. The average Bonchev–Trinajstić information content (AvgIpc) is 2.36. The fourth-order valence-electron chi connectivity index (χ4n) is 1.09. The summed E-state index contributed by atoms with van der Waals surface area (Å²) in [5.41, 5.74) is 1.63. The zero-order chi connectivity index (χ0) is 6.97. The topological polar surface area (TPSA) is 57.8 Å². The van der Waals surface area contributed by atoms with Crippen molar-refractivity contribution in [3.63, 3.8) is 0 Å². The number of ketones is 1. The van der Waals surface area contributed by atoms with Crippen LogP contribution in [0.2, 0.25) is 0 Å². The van der Waals surface area contributed by atoms with Crippen molar-refractivity contribution >= 4 is 5.78 Å². The summed E-state index contributed by atoms with van der Waals surface area (Å²) in [6.45, 7) is 1.17. The molecule has 1 aromatic heterocycles. The van der Waals surface area contributed by atoms with Crippen LogP contribution in [0.5, 0.6) is 0 Å². The molecule has 0 saturated heterocycles. The number of hydrogen-bond donors (Lipinski definition) is 2. The van der Waals surface area contributed by atoms with Crippen molar-refractivity contribution in [1.82, 2.24) is 15.5 Å². The van der Waals surface area contributed by atoms with Crippen LogP contribution in [0.25, 0.3) is 0 Å². The predicted octanol–water partition coefficient (Wildman–Crippen LogP) is -0.304. The molecule has 0 radical (unpaired) electrons. The third-order valence-corrected chi connectivity index (χ3v) is 1.60. The van der Waals surface area contributed by atoms with Crippen LogP contribution in [0.3, 0.4) is 0 Å². The average molecular weight is 137 g/mol. The number of aromatic amines is 1. The Balaban J connectivity index is 2.50. The SMILES string of the molecule is O=C1CNCc2cn[nH]c21. The fraction of sp³-hybridized carbons (Fsp3) is 0.333. The van der Waals surface area contributed by atoms with Gasteiger partial charge in [0.1, 0.15) is 5.69 Å². The summed E-state index contributed by atoms with van der Waals surface area (Å²) < 4.78 is 0. The van der Waals surface area contributed by atoms with Crippen LogP contribution in [0.1, 0.15) is 16.1 Å². The molecule has 2 rings (SSSR count). The van der Waals surface area contributed by atoms with E-state index in [9.17, 15) is 4.79 Å². The van der Waals surface area contributed by atoms with Crippen LogP contribution < -0.4 is 5.32 Å². The lowest BCUT2D eigenvalue weighted by Crippen LogP contribution is -2.29. The number of aromatic nitrogens is 2. The number of Topliss-reactive ketones (excluding diaryl/α,β-unsaturated/α-hetero) is 1. The Kier molecular flexibility index (Phi) is 1.07. The first kappa shape index (κ1) is 5.61. The van der Waals surface area contributed by atoms with Crippen molar-refractivity contribution < 1.29 is 4.79 Å². The van der Waals surface area contributed by atoms with Gasteiger partial charge in [-0.3, -0.25) is 9.89 Å². The van der Waals surface area contributed by atoms with E-state index < -0.39 is 0 Å². The van der Waals surface area contributed by atoms with E-state index in [1.165, 1.54) is 0 Å². The van der Waals surface area contributed by atoms with E-state index in [0.717, 1.165) is 12.1 Å². The minimum Gasteiger partial charge on any atom is -0.305 e. The third-order valence-electron chi connectivity index (χ3n) is 1.60. The molecule has 0 bridgehead atoms. The molecule has 1 aliphatic heterocycles. The van der Waals surface area contributed by atoms with Crippen LogP contribution in [0.15, 0.2) is 6.20 Å². The van der Waals surface area contributed by atoms with E-state index in [-0.39, 0.29) is 5.78 Å². The maximum atomic E-state index is 11.0. The van der Waals surface area contributed by atoms with Crippen molar-refractivity contribution in [3.05, 3.63) is 17.5 Å². The van der Waals surface area contributed by atoms with Gasteiger partial charge in [-0.1, -0.05) is 0 Å². The Labute approximate surface area is 57.6 Å². The van der Waals surface area contributed by atoms with Crippen molar-refractivity contribution in [2.24, 2.45) is 0 Å². The number of carbonyl (C=O) groups excluding carboxylic acids is 1. The van der Waals surface area contributed by atoms with E-state index in [1.54, 1.807) is 6.20 Å². The second-order valence-corrected chi connectivity index (χ2v) is 2.30. The number of fused-ring (bicyclic) bond motifs is 1. The molecule has 0 spiro atoms. The van der Waals surface area contributed by atoms with Crippen LogP contribution in [0.4, 0.5) is 0 Å². The zero-order valence-corrected chi connectivity index (χ0v) is 5.35. The smallest absolute Gasteiger partial charge is 0.194 e. The van der Waals surface area contributed by atoms with E-state index in [0.29, 0.717) is 12.2 Å². The van der Waals surface area contributed by atoms with Crippen LogP contribution in [-0.2, 0) is 6.54 Å². The van der Waals surface area contributed by atoms with Gasteiger partial charge in [-0.25, -0.2) is 0 Å².